The maximum absolute atomic E-state index is 13.5. The molecule has 0 bridgehead atoms. The summed E-state index contributed by atoms with van der Waals surface area (Å²) in [5.41, 5.74) is 2.62. The third kappa shape index (κ3) is 4.54. The van der Waals surface area contributed by atoms with E-state index in [0.29, 0.717) is 12.1 Å². The second-order valence-electron chi connectivity index (χ2n) is 6.12. The normalized spacial score (nSPS) is 17.8. The molecule has 1 atom stereocenters. The van der Waals surface area contributed by atoms with Crippen molar-refractivity contribution in [3.05, 3.63) is 75.1 Å². The molecule has 0 amide bonds. The number of hydrogen-bond donors (Lipinski definition) is 1. The molecular formula is C18H21ClFN3O2. The number of benzene rings is 2. The van der Waals surface area contributed by atoms with Gasteiger partial charge in [-0.05, 0) is 30.2 Å². The molecule has 7 heteroatoms. The summed E-state index contributed by atoms with van der Waals surface area (Å²) in [6.07, 6.45) is 0. The summed E-state index contributed by atoms with van der Waals surface area (Å²) in [6, 6.07) is 12.0. The van der Waals surface area contributed by atoms with E-state index in [1.54, 1.807) is 31.2 Å². The molecule has 1 saturated heterocycles. The van der Waals surface area contributed by atoms with Gasteiger partial charge in [-0.15, -0.1) is 12.4 Å². The maximum Gasteiger partial charge on any atom is 0.272 e. The van der Waals surface area contributed by atoms with Crippen molar-refractivity contribution in [3.8, 4) is 0 Å². The lowest BCUT2D eigenvalue weighted by Crippen LogP contribution is -2.45. The first-order chi connectivity index (χ1) is 11.5. The Kier molecular flexibility index (Phi) is 6.47. The predicted octanol–water partition coefficient (Wildman–Crippen LogP) is 3.61. The first-order valence-corrected chi connectivity index (χ1v) is 7.99. The third-order valence-corrected chi connectivity index (χ3v) is 4.44. The summed E-state index contributed by atoms with van der Waals surface area (Å²) < 4.78 is 13.5. The summed E-state index contributed by atoms with van der Waals surface area (Å²) in [6.45, 7) is 4.73. The Morgan fingerprint density at radius 1 is 1.32 bits per heavy atom. The highest BCUT2D eigenvalue weighted by molar-refractivity contribution is 5.85. The van der Waals surface area contributed by atoms with E-state index in [1.165, 1.54) is 6.07 Å². The van der Waals surface area contributed by atoms with Crippen LogP contribution in [0.15, 0.2) is 42.5 Å². The molecule has 2 aromatic rings. The van der Waals surface area contributed by atoms with Crippen molar-refractivity contribution in [2.24, 2.45) is 0 Å². The molecule has 1 aliphatic rings. The van der Waals surface area contributed by atoms with Crippen LogP contribution in [-0.4, -0.2) is 29.5 Å². The second-order valence-corrected chi connectivity index (χ2v) is 6.12. The topological polar surface area (TPSA) is 58.4 Å². The van der Waals surface area contributed by atoms with Crippen molar-refractivity contribution in [1.82, 2.24) is 10.2 Å². The number of aryl methyl sites for hydroxylation is 1. The van der Waals surface area contributed by atoms with Crippen LogP contribution in [0.3, 0.4) is 0 Å². The Morgan fingerprint density at radius 3 is 2.84 bits per heavy atom. The van der Waals surface area contributed by atoms with Crippen LogP contribution >= 0.6 is 12.4 Å². The highest BCUT2D eigenvalue weighted by atomic mass is 35.5. The molecule has 1 heterocycles. The van der Waals surface area contributed by atoms with Crippen molar-refractivity contribution in [3.63, 3.8) is 0 Å². The molecule has 0 spiro atoms. The molecule has 0 aromatic heterocycles. The summed E-state index contributed by atoms with van der Waals surface area (Å²) in [5.74, 6) is -0.246. The first kappa shape index (κ1) is 19.3. The fraction of sp³-hybridized carbons (Fsp3) is 0.333. The van der Waals surface area contributed by atoms with Crippen LogP contribution < -0.4 is 5.32 Å². The monoisotopic (exact) mass is 365 g/mol. The standard InChI is InChI=1S/C18H20FN3O2.ClH/c1-13-5-6-14(9-17(13)22(23)24)12-21-8-7-20-11-18(21)15-3-2-4-16(19)10-15;/h2-6,9-10,18,20H,7-8,11-12H2,1H3;1H. The number of piperazine rings is 1. The van der Waals surface area contributed by atoms with Gasteiger partial charge in [0.25, 0.3) is 5.69 Å². The molecule has 0 saturated carbocycles. The molecular weight excluding hydrogens is 345 g/mol. The number of nitrogens with zero attached hydrogens (tertiary/aromatic N) is 2. The Balaban J connectivity index is 0.00000225. The average Bonchev–Trinajstić information content (AvgIpc) is 2.57. The number of nitro groups is 1. The maximum atomic E-state index is 13.5. The van der Waals surface area contributed by atoms with Crippen LogP contribution in [0, 0.1) is 22.9 Å². The van der Waals surface area contributed by atoms with Gasteiger partial charge < -0.3 is 5.32 Å². The molecule has 3 rings (SSSR count). The summed E-state index contributed by atoms with van der Waals surface area (Å²) >= 11 is 0. The minimum absolute atomic E-state index is 0. The molecule has 5 nitrogen and oxygen atoms in total. The lowest BCUT2D eigenvalue weighted by molar-refractivity contribution is -0.385. The van der Waals surface area contributed by atoms with Gasteiger partial charge in [0.1, 0.15) is 5.82 Å². The number of nitrogens with one attached hydrogen (secondary N) is 1. The summed E-state index contributed by atoms with van der Waals surface area (Å²) in [7, 11) is 0. The van der Waals surface area contributed by atoms with Crippen LogP contribution in [0.25, 0.3) is 0 Å². The van der Waals surface area contributed by atoms with Gasteiger partial charge in [-0.25, -0.2) is 4.39 Å². The largest absolute Gasteiger partial charge is 0.314 e. The molecule has 2 aromatic carbocycles. The van der Waals surface area contributed by atoms with E-state index in [1.807, 2.05) is 12.1 Å². The van der Waals surface area contributed by atoms with Gasteiger partial charge in [-0.3, -0.25) is 15.0 Å². The van der Waals surface area contributed by atoms with Crippen molar-refractivity contribution < 1.29 is 9.31 Å². The Hall–Kier alpha value is -2.02. The zero-order valence-electron chi connectivity index (χ0n) is 13.9. The second kappa shape index (κ2) is 8.38. The van der Waals surface area contributed by atoms with Gasteiger partial charge in [0.2, 0.25) is 0 Å². The van der Waals surface area contributed by atoms with Gasteiger partial charge >= 0.3 is 0 Å². The van der Waals surface area contributed by atoms with Gasteiger partial charge in [-0.1, -0.05) is 24.3 Å². The third-order valence-electron chi connectivity index (χ3n) is 4.44. The van der Waals surface area contributed by atoms with E-state index in [-0.39, 0.29) is 34.9 Å². The van der Waals surface area contributed by atoms with E-state index in [4.69, 9.17) is 0 Å². The van der Waals surface area contributed by atoms with E-state index in [9.17, 15) is 14.5 Å². The highest BCUT2D eigenvalue weighted by Gasteiger charge is 2.24. The van der Waals surface area contributed by atoms with Gasteiger partial charge in [-0.2, -0.15) is 0 Å². The van der Waals surface area contributed by atoms with E-state index >= 15 is 0 Å². The molecule has 1 fully saturated rings. The minimum atomic E-state index is -0.347. The van der Waals surface area contributed by atoms with Crippen molar-refractivity contribution in [2.45, 2.75) is 19.5 Å². The SMILES string of the molecule is Cc1ccc(CN2CCNCC2c2cccc(F)c2)cc1[N+](=O)[O-].Cl. The van der Waals surface area contributed by atoms with Crippen LogP contribution in [0.1, 0.15) is 22.7 Å². The fourth-order valence-corrected chi connectivity index (χ4v) is 3.16. The Bertz CT molecular complexity index is 757. The molecule has 1 unspecified atom stereocenters. The molecule has 1 N–H and O–H groups in total. The zero-order chi connectivity index (χ0) is 17.1. The number of hydrogen-bond acceptors (Lipinski definition) is 4. The first-order valence-electron chi connectivity index (χ1n) is 7.99. The Labute approximate surface area is 152 Å². The van der Waals surface area contributed by atoms with Crippen LogP contribution in [0.4, 0.5) is 10.1 Å². The average molecular weight is 366 g/mol. The quantitative estimate of drug-likeness (QED) is 0.664. The van der Waals surface area contributed by atoms with Crippen LogP contribution in [0.2, 0.25) is 0 Å². The van der Waals surface area contributed by atoms with E-state index in [2.05, 4.69) is 10.2 Å². The van der Waals surface area contributed by atoms with E-state index < -0.39 is 0 Å². The predicted molar refractivity (Wildman–Crippen MR) is 97.5 cm³/mol. The van der Waals surface area contributed by atoms with Crippen molar-refractivity contribution >= 4 is 18.1 Å². The fourth-order valence-electron chi connectivity index (χ4n) is 3.16. The lowest BCUT2D eigenvalue weighted by Gasteiger charge is -2.36. The molecule has 134 valence electrons. The van der Waals surface area contributed by atoms with Crippen LogP contribution in [-0.2, 0) is 6.54 Å². The van der Waals surface area contributed by atoms with Crippen molar-refractivity contribution in [1.29, 1.82) is 0 Å². The summed E-state index contributed by atoms with van der Waals surface area (Å²) in [4.78, 5) is 13.0. The number of nitro benzene ring substituents is 1. The molecule has 25 heavy (non-hydrogen) atoms. The molecule has 0 radical (unpaired) electrons. The smallest absolute Gasteiger partial charge is 0.272 e. The van der Waals surface area contributed by atoms with Gasteiger partial charge in [0.15, 0.2) is 0 Å². The lowest BCUT2D eigenvalue weighted by atomic mass is 10.0. The molecule has 0 aliphatic carbocycles. The van der Waals surface area contributed by atoms with Crippen LogP contribution in [0.5, 0.6) is 0 Å². The summed E-state index contributed by atoms with van der Waals surface area (Å²) in [5, 5.41) is 14.5. The molecule has 1 aliphatic heterocycles. The highest BCUT2D eigenvalue weighted by Crippen LogP contribution is 2.26. The zero-order valence-corrected chi connectivity index (χ0v) is 14.8. The van der Waals surface area contributed by atoms with E-state index in [0.717, 1.165) is 30.8 Å². The van der Waals surface area contributed by atoms with Gasteiger partial charge in [0.05, 0.1) is 4.92 Å². The minimum Gasteiger partial charge on any atom is -0.314 e. The Morgan fingerprint density at radius 2 is 2.12 bits per heavy atom. The van der Waals surface area contributed by atoms with Gasteiger partial charge in [0, 0.05) is 43.9 Å². The number of halogens is 2. The van der Waals surface area contributed by atoms with Crippen molar-refractivity contribution in [2.75, 3.05) is 19.6 Å². The number of rotatable bonds is 4.